The molecule has 2 aliphatic carbocycles. The van der Waals surface area contributed by atoms with Crippen molar-refractivity contribution in [2.45, 2.75) is 33.1 Å². The van der Waals surface area contributed by atoms with E-state index in [4.69, 9.17) is 9.47 Å². The topological polar surface area (TPSA) is 35.5 Å². The molecule has 1 aliphatic heterocycles. The van der Waals surface area contributed by atoms with Gasteiger partial charge in [-0.15, -0.1) is 0 Å². The van der Waals surface area contributed by atoms with Crippen molar-refractivity contribution >= 4 is 5.78 Å². The minimum atomic E-state index is 0.253. The quantitative estimate of drug-likeness (QED) is 0.715. The maximum atomic E-state index is 11.7. The molecule has 0 aromatic carbocycles. The summed E-state index contributed by atoms with van der Waals surface area (Å²) in [4.78, 5) is 11.7. The predicted molar refractivity (Wildman–Crippen MR) is 67.7 cm³/mol. The van der Waals surface area contributed by atoms with Crippen molar-refractivity contribution in [2.24, 2.45) is 17.8 Å². The number of hydrogen-bond donors (Lipinski definition) is 0. The lowest BCUT2D eigenvalue weighted by atomic mass is 9.66. The Morgan fingerprint density at radius 2 is 2.22 bits per heavy atom. The summed E-state index contributed by atoms with van der Waals surface area (Å²) < 4.78 is 11.0. The fraction of sp³-hybridized carbons (Fsp3) is 0.667. The van der Waals surface area contributed by atoms with Crippen LogP contribution in [0, 0.1) is 17.8 Å². The molecule has 3 nitrogen and oxygen atoms in total. The molecular formula is C15H20O3. The second-order valence-corrected chi connectivity index (χ2v) is 5.84. The Bertz CT molecular complexity index is 431. The molecule has 3 aliphatic rings. The van der Waals surface area contributed by atoms with Gasteiger partial charge in [-0.25, -0.2) is 0 Å². The molecule has 0 unspecified atom stereocenters. The highest BCUT2D eigenvalue weighted by atomic mass is 16.7. The number of allylic oxidation sites excluding steroid dienone is 2. The summed E-state index contributed by atoms with van der Waals surface area (Å²) in [5, 5.41) is 0. The summed E-state index contributed by atoms with van der Waals surface area (Å²) in [7, 11) is 0. The Morgan fingerprint density at radius 3 is 3.00 bits per heavy atom. The molecule has 0 saturated carbocycles. The molecule has 98 valence electrons. The molecule has 1 heterocycles. The standard InChI is InChI=1S/C15H20O3/c1-9(2)12-6-15-14(7-17-8-18-15)13-5-10(16)3-4-11(12)13/h5,9,11-12H,3-4,6-8H2,1-2H3/t11-,12-/m0/s1. The third-order valence-corrected chi connectivity index (χ3v) is 4.46. The Kier molecular flexibility index (Phi) is 3.02. The van der Waals surface area contributed by atoms with Crippen LogP contribution in [0.15, 0.2) is 23.0 Å². The molecule has 2 atom stereocenters. The SMILES string of the molecule is CC(C)[C@@H]1CC2=C(COCO2)C2=CC(=O)CC[C@H]21. The maximum Gasteiger partial charge on any atom is 0.188 e. The Morgan fingerprint density at radius 1 is 1.39 bits per heavy atom. The Balaban J connectivity index is 2.03. The molecule has 0 bridgehead atoms. The van der Waals surface area contributed by atoms with E-state index in [2.05, 4.69) is 13.8 Å². The monoisotopic (exact) mass is 248 g/mol. The normalized spacial score (nSPS) is 31.7. The second kappa shape index (κ2) is 4.54. The van der Waals surface area contributed by atoms with Crippen molar-refractivity contribution < 1.29 is 14.3 Å². The van der Waals surface area contributed by atoms with Crippen LogP contribution in [-0.2, 0) is 14.3 Å². The largest absolute Gasteiger partial charge is 0.471 e. The van der Waals surface area contributed by atoms with Crippen LogP contribution < -0.4 is 0 Å². The summed E-state index contributed by atoms with van der Waals surface area (Å²) in [6.45, 7) is 5.50. The number of rotatable bonds is 1. The zero-order valence-corrected chi connectivity index (χ0v) is 11.1. The number of hydrogen-bond acceptors (Lipinski definition) is 3. The van der Waals surface area contributed by atoms with Gasteiger partial charge in [0, 0.05) is 18.4 Å². The van der Waals surface area contributed by atoms with E-state index >= 15 is 0 Å². The zero-order valence-electron chi connectivity index (χ0n) is 11.1. The predicted octanol–water partition coefficient (Wildman–Crippen LogP) is 2.83. The lowest BCUT2D eigenvalue weighted by Crippen LogP contribution is -2.34. The summed E-state index contributed by atoms with van der Waals surface area (Å²) in [5.74, 6) is 3.06. The first-order valence-electron chi connectivity index (χ1n) is 6.84. The minimum Gasteiger partial charge on any atom is -0.471 e. The number of carbonyl (C=O) groups excluding carboxylic acids is 1. The van der Waals surface area contributed by atoms with Gasteiger partial charge in [-0.2, -0.15) is 0 Å². The van der Waals surface area contributed by atoms with E-state index in [1.807, 2.05) is 6.08 Å². The summed E-state index contributed by atoms with van der Waals surface area (Å²) >= 11 is 0. The highest BCUT2D eigenvalue weighted by molar-refractivity contribution is 5.92. The van der Waals surface area contributed by atoms with Crippen LogP contribution in [0.5, 0.6) is 0 Å². The van der Waals surface area contributed by atoms with Gasteiger partial charge in [0.15, 0.2) is 12.6 Å². The Hall–Kier alpha value is -1.09. The number of carbonyl (C=O) groups is 1. The highest BCUT2D eigenvalue weighted by Gasteiger charge is 2.39. The fourth-order valence-electron chi connectivity index (χ4n) is 3.47. The van der Waals surface area contributed by atoms with Crippen molar-refractivity contribution in [3.8, 4) is 0 Å². The van der Waals surface area contributed by atoms with Gasteiger partial charge in [-0.1, -0.05) is 13.8 Å². The zero-order chi connectivity index (χ0) is 12.7. The van der Waals surface area contributed by atoms with E-state index in [9.17, 15) is 4.79 Å². The van der Waals surface area contributed by atoms with E-state index in [1.165, 1.54) is 5.57 Å². The minimum absolute atomic E-state index is 0.253. The molecule has 3 rings (SSSR count). The fourth-order valence-corrected chi connectivity index (χ4v) is 3.47. The van der Waals surface area contributed by atoms with Crippen LogP contribution in [0.25, 0.3) is 0 Å². The van der Waals surface area contributed by atoms with Crippen LogP contribution in [0.3, 0.4) is 0 Å². The van der Waals surface area contributed by atoms with Crippen molar-refractivity contribution in [3.63, 3.8) is 0 Å². The average Bonchev–Trinajstić information content (AvgIpc) is 2.37. The first kappa shape index (κ1) is 12.0. The molecule has 0 spiro atoms. The van der Waals surface area contributed by atoms with Gasteiger partial charge in [-0.05, 0) is 35.8 Å². The van der Waals surface area contributed by atoms with E-state index in [0.717, 1.165) is 24.2 Å². The van der Waals surface area contributed by atoms with E-state index in [-0.39, 0.29) is 5.78 Å². The van der Waals surface area contributed by atoms with Gasteiger partial charge in [0.2, 0.25) is 0 Å². The van der Waals surface area contributed by atoms with Gasteiger partial charge >= 0.3 is 0 Å². The highest BCUT2D eigenvalue weighted by Crippen LogP contribution is 2.46. The molecule has 18 heavy (non-hydrogen) atoms. The van der Waals surface area contributed by atoms with Crippen LogP contribution in [-0.4, -0.2) is 19.2 Å². The van der Waals surface area contributed by atoms with Gasteiger partial charge in [0.05, 0.1) is 6.61 Å². The molecule has 0 fully saturated rings. The summed E-state index contributed by atoms with van der Waals surface area (Å²) in [6.07, 6.45) is 4.54. The molecule has 0 aromatic heterocycles. The van der Waals surface area contributed by atoms with E-state index in [0.29, 0.717) is 37.6 Å². The average molecular weight is 248 g/mol. The van der Waals surface area contributed by atoms with Crippen molar-refractivity contribution in [1.82, 2.24) is 0 Å². The van der Waals surface area contributed by atoms with Crippen LogP contribution in [0.2, 0.25) is 0 Å². The summed E-state index contributed by atoms with van der Waals surface area (Å²) in [5.41, 5.74) is 2.35. The van der Waals surface area contributed by atoms with Crippen LogP contribution >= 0.6 is 0 Å². The number of ether oxygens (including phenoxy) is 2. The smallest absolute Gasteiger partial charge is 0.188 e. The van der Waals surface area contributed by atoms with Gasteiger partial charge in [-0.3, -0.25) is 4.79 Å². The van der Waals surface area contributed by atoms with Crippen molar-refractivity contribution in [1.29, 1.82) is 0 Å². The third kappa shape index (κ3) is 1.91. The lowest BCUT2D eigenvalue weighted by Gasteiger charge is -2.41. The van der Waals surface area contributed by atoms with Crippen LogP contribution in [0.1, 0.15) is 33.1 Å². The molecule has 0 N–H and O–H groups in total. The number of ketones is 1. The van der Waals surface area contributed by atoms with Crippen LogP contribution in [0.4, 0.5) is 0 Å². The van der Waals surface area contributed by atoms with E-state index in [1.54, 1.807) is 0 Å². The first-order chi connectivity index (χ1) is 8.66. The van der Waals surface area contributed by atoms with Gasteiger partial charge in [0.25, 0.3) is 0 Å². The number of fused-ring (bicyclic) bond motifs is 2. The second-order valence-electron chi connectivity index (χ2n) is 5.84. The van der Waals surface area contributed by atoms with Crippen molar-refractivity contribution in [3.05, 3.63) is 23.0 Å². The molecule has 0 amide bonds. The van der Waals surface area contributed by atoms with Gasteiger partial charge < -0.3 is 9.47 Å². The maximum absolute atomic E-state index is 11.7. The molecule has 0 aromatic rings. The van der Waals surface area contributed by atoms with E-state index < -0.39 is 0 Å². The molecular weight excluding hydrogens is 228 g/mol. The molecule has 0 saturated heterocycles. The third-order valence-electron chi connectivity index (χ3n) is 4.46. The van der Waals surface area contributed by atoms with Gasteiger partial charge in [0.1, 0.15) is 5.76 Å². The summed E-state index contributed by atoms with van der Waals surface area (Å²) in [6, 6.07) is 0. The first-order valence-corrected chi connectivity index (χ1v) is 6.84. The Labute approximate surface area is 108 Å². The van der Waals surface area contributed by atoms with Crippen molar-refractivity contribution in [2.75, 3.05) is 13.4 Å². The molecule has 3 heteroatoms. The molecule has 0 radical (unpaired) electrons. The lowest BCUT2D eigenvalue weighted by molar-refractivity contribution is -0.115.